The zero-order chi connectivity index (χ0) is 15.6. The molecule has 0 unspecified atom stereocenters. The second-order valence-electron chi connectivity index (χ2n) is 5.95. The summed E-state index contributed by atoms with van der Waals surface area (Å²) in [6.07, 6.45) is 0. The van der Waals surface area contributed by atoms with Crippen LogP contribution in [0.25, 0.3) is 16.5 Å². The minimum atomic E-state index is 0.694. The first kappa shape index (κ1) is 13.8. The molecule has 0 atom stereocenters. The molecule has 2 aromatic carbocycles. The molecule has 2 aliphatic heterocycles. The third kappa shape index (κ3) is 1.88. The first-order valence-electron chi connectivity index (χ1n) is 7.59. The van der Waals surface area contributed by atoms with Gasteiger partial charge in [-0.25, -0.2) is 0 Å². The fourth-order valence-electron chi connectivity index (χ4n) is 3.61. The Bertz CT molecular complexity index is 1000. The van der Waals surface area contributed by atoms with Gasteiger partial charge in [0.05, 0.1) is 5.03 Å². The van der Waals surface area contributed by atoms with Crippen LogP contribution in [0.1, 0.15) is 11.1 Å². The van der Waals surface area contributed by atoms with Crippen molar-refractivity contribution in [2.24, 2.45) is 7.05 Å². The van der Waals surface area contributed by atoms with Crippen molar-refractivity contribution in [1.82, 2.24) is 4.57 Å². The number of halogens is 1. The highest BCUT2D eigenvalue weighted by atomic mass is 79.9. The van der Waals surface area contributed by atoms with Crippen LogP contribution >= 0.6 is 27.7 Å². The lowest BCUT2D eigenvalue weighted by Gasteiger charge is -2.28. The summed E-state index contributed by atoms with van der Waals surface area (Å²) in [4.78, 5) is 0. The monoisotopic (exact) mass is 383 g/mol. The molecule has 1 aromatic heterocycles. The molecule has 0 N–H and O–H groups in total. The summed E-state index contributed by atoms with van der Waals surface area (Å²) in [7, 11) is 2.17. The van der Waals surface area contributed by atoms with Gasteiger partial charge < -0.3 is 9.30 Å². The lowest BCUT2D eigenvalue weighted by Crippen LogP contribution is -2.16. The van der Waals surface area contributed by atoms with E-state index in [1.165, 1.54) is 38.2 Å². The van der Waals surface area contributed by atoms with Gasteiger partial charge in [-0.15, -0.1) is 11.8 Å². The predicted molar refractivity (Wildman–Crippen MR) is 99.3 cm³/mol. The zero-order valence-corrected chi connectivity index (χ0v) is 15.0. The summed E-state index contributed by atoms with van der Waals surface area (Å²) in [6.45, 7) is 0.694. The van der Waals surface area contributed by atoms with E-state index in [0.717, 1.165) is 16.0 Å². The van der Waals surface area contributed by atoms with Crippen LogP contribution in [0.5, 0.6) is 5.75 Å². The van der Waals surface area contributed by atoms with Crippen LogP contribution in [0.15, 0.2) is 57.5 Å². The van der Waals surface area contributed by atoms with E-state index in [1.54, 1.807) is 0 Å². The highest BCUT2D eigenvalue weighted by Crippen LogP contribution is 2.49. The number of aryl methyl sites for hydroxylation is 1. The third-order valence-electron chi connectivity index (χ3n) is 4.65. The molecule has 4 heteroatoms. The number of nitrogens with zero attached hydrogens (tertiary/aromatic N) is 1. The molecule has 0 bridgehead atoms. The van der Waals surface area contributed by atoms with Gasteiger partial charge in [0.25, 0.3) is 0 Å². The van der Waals surface area contributed by atoms with Gasteiger partial charge in [0, 0.05) is 39.3 Å². The Hall–Kier alpha value is -1.65. The summed E-state index contributed by atoms with van der Waals surface area (Å²) >= 11 is 5.53. The molecule has 3 heterocycles. The van der Waals surface area contributed by atoms with Crippen molar-refractivity contribution in [2.45, 2.75) is 5.03 Å². The Kier molecular flexibility index (Phi) is 2.94. The van der Waals surface area contributed by atoms with Gasteiger partial charge in [0.2, 0.25) is 0 Å². The molecule has 114 valence electrons. The predicted octanol–water partition coefficient (Wildman–Crippen LogP) is 5.24. The van der Waals surface area contributed by atoms with Gasteiger partial charge in [-0.1, -0.05) is 34.1 Å². The van der Waals surface area contributed by atoms with Crippen LogP contribution in [-0.4, -0.2) is 16.9 Å². The Morgan fingerprint density at radius 2 is 2.04 bits per heavy atom. The van der Waals surface area contributed by atoms with E-state index in [0.29, 0.717) is 6.61 Å². The molecule has 0 aliphatic carbocycles. The van der Waals surface area contributed by atoms with Crippen LogP contribution in [0.2, 0.25) is 0 Å². The Morgan fingerprint density at radius 3 is 2.96 bits per heavy atom. The van der Waals surface area contributed by atoms with Crippen LogP contribution in [0.3, 0.4) is 0 Å². The quantitative estimate of drug-likeness (QED) is 0.526. The van der Waals surface area contributed by atoms with Gasteiger partial charge in [0.15, 0.2) is 0 Å². The molecule has 0 radical (unpaired) electrons. The topological polar surface area (TPSA) is 14.2 Å². The lowest BCUT2D eigenvalue weighted by atomic mass is 9.91. The summed E-state index contributed by atoms with van der Waals surface area (Å²) in [5.41, 5.74) is 6.64. The van der Waals surface area contributed by atoms with Crippen LogP contribution in [0.4, 0.5) is 0 Å². The fraction of sp³-hybridized carbons (Fsp3) is 0.158. The van der Waals surface area contributed by atoms with Gasteiger partial charge in [-0.05, 0) is 35.4 Å². The molecule has 23 heavy (non-hydrogen) atoms. The second kappa shape index (κ2) is 4.92. The van der Waals surface area contributed by atoms with Crippen LogP contribution in [0, 0.1) is 0 Å². The molecule has 5 rings (SSSR count). The Labute approximate surface area is 147 Å². The van der Waals surface area contributed by atoms with Crippen molar-refractivity contribution in [3.8, 4) is 5.75 Å². The maximum Gasteiger partial charge on any atom is 0.127 e. The minimum Gasteiger partial charge on any atom is -0.489 e. The summed E-state index contributed by atoms with van der Waals surface area (Å²) in [5.74, 6) is 1.98. The van der Waals surface area contributed by atoms with Crippen molar-refractivity contribution in [1.29, 1.82) is 0 Å². The summed E-state index contributed by atoms with van der Waals surface area (Å²) in [6, 6.07) is 15.0. The number of rotatable bonds is 0. The average Bonchev–Trinajstić information content (AvgIpc) is 2.88. The largest absolute Gasteiger partial charge is 0.489 e. The minimum absolute atomic E-state index is 0.694. The molecule has 3 aromatic rings. The zero-order valence-electron chi connectivity index (χ0n) is 12.6. The van der Waals surface area contributed by atoms with E-state index in [9.17, 15) is 0 Å². The van der Waals surface area contributed by atoms with Crippen LogP contribution in [-0.2, 0) is 7.05 Å². The molecule has 0 saturated carbocycles. The van der Waals surface area contributed by atoms with Gasteiger partial charge >= 0.3 is 0 Å². The molecular weight excluding hydrogens is 370 g/mol. The van der Waals surface area contributed by atoms with E-state index >= 15 is 0 Å². The molecule has 0 amide bonds. The number of benzene rings is 2. The number of hydrogen-bond acceptors (Lipinski definition) is 2. The van der Waals surface area contributed by atoms with E-state index in [4.69, 9.17) is 4.74 Å². The van der Waals surface area contributed by atoms with Gasteiger partial charge in [0.1, 0.15) is 12.4 Å². The van der Waals surface area contributed by atoms with Crippen molar-refractivity contribution in [3.63, 3.8) is 0 Å². The number of thioether (sulfide) groups is 1. The standard InChI is InChI=1S/C19H14BrNOS/c1-21-15-5-3-2-4-13(15)18-17-11(10-23-19(18)21)9-22-16-7-6-12(20)8-14(16)17/h2-8H,9-10H2,1H3. The molecule has 0 saturated heterocycles. The smallest absolute Gasteiger partial charge is 0.127 e. The maximum atomic E-state index is 5.98. The molecule has 0 spiro atoms. The molecular formula is C19H14BrNOS. The highest BCUT2D eigenvalue weighted by Gasteiger charge is 2.31. The second-order valence-corrected chi connectivity index (χ2v) is 7.83. The summed E-state index contributed by atoms with van der Waals surface area (Å²) < 4.78 is 9.40. The van der Waals surface area contributed by atoms with Gasteiger partial charge in [-0.2, -0.15) is 0 Å². The third-order valence-corrected chi connectivity index (χ3v) is 6.39. The van der Waals surface area contributed by atoms with Crippen molar-refractivity contribution >= 4 is 44.2 Å². The first-order chi connectivity index (χ1) is 11.2. The van der Waals surface area contributed by atoms with Crippen molar-refractivity contribution < 1.29 is 4.74 Å². The average molecular weight is 384 g/mol. The molecule has 0 fully saturated rings. The number of hydrogen-bond donors (Lipinski definition) is 0. The van der Waals surface area contributed by atoms with Crippen molar-refractivity contribution in [3.05, 3.63) is 63.6 Å². The number of ether oxygens (including phenoxy) is 1. The van der Waals surface area contributed by atoms with E-state index in [2.05, 4.69) is 63.9 Å². The van der Waals surface area contributed by atoms with Crippen LogP contribution < -0.4 is 4.74 Å². The van der Waals surface area contributed by atoms with Crippen molar-refractivity contribution in [2.75, 3.05) is 12.4 Å². The van der Waals surface area contributed by atoms with E-state index in [1.807, 2.05) is 17.8 Å². The van der Waals surface area contributed by atoms with E-state index < -0.39 is 0 Å². The van der Waals surface area contributed by atoms with Gasteiger partial charge in [-0.3, -0.25) is 0 Å². The first-order valence-corrected chi connectivity index (χ1v) is 9.37. The Balaban J connectivity index is 1.89. The maximum absolute atomic E-state index is 5.98. The van der Waals surface area contributed by atoms with E-state index in [-0.39, 0.29) is 0 Å². The SMILES string of the molecule is Cn1c2c(c3ccccc31)C1=C(COc3ccc(Br)cc31)CS2. The fourth-order valence-corrected chi connectivity index (χ4v) is 5.16. The lowest BCUT2D eigenvalue weighted by molar-refractivity contribution is 0.346. The summed E-state index contributed by atoms with van der Waals surface area (Å²) in [5, 5.41) is 2.69. The number of para-hydroxylation sites is 1. The number of fused-ring (bicyclic) bond motifs is 6. The Morgan fingerprint density at radius 1 is 1.17 bits per heavy atom. The molecule has 2 aliphatic rings. The normalized spacial score (nSPS) is 15.9. The molecule has 2 nitrogen and oxygen atoms in total. The number of aromatic nitrogens is 1. The highest BCUT2D eigenvalue weighted by molar-refractivity contribution is 9.10.